The number of hydrogen-bond acceptors (Lipinski definition) is 5. The van der Waals surface area contributed by atoms with Crippen LogP contribution in [0.5, 0.6) is 0 Å². The van der Waals surface area contributed by atoms with E-state index in [0.717, 1.165) is 13.1 Å². The van der Waals surface area contributed by atoms with Gasteiger partial charge in [-0.1, -0.05) is 0 Å². The monoisotopic (exact) mass is 373 g/mol. The Labute approximate surface area is 125 Å². The van der Waals surface area contributed by atoms with Crippen LogP contribution in [-0.4, -0.2) is 36.4 Å². The first-order chi connectivity index (χ1) is 9.13. The number of nitrogens with zero attached hydrogens (tertiary/aromatic N) is 3. The number of hydrogen-bond donors (Lipinski definition) is 0. The van der Waals surface area contributed by atoms with Crippen molar-refractivity contribution in [2.24, 2.45) is 5.41 Å². The first kappa shape index (κ1) is 13.1. The maximum atomic E-state index is 11.8. The van der Waals surface area contributed by atoms with E-state index in [4.69, 9.17) is 4.74 Å². The topological polar surface area (TPSA) is 55.3 Å². The van der Waals surface area contributed by atoms with Gasteiger partial charge in [-0.05, 0) is 59.8 Å². The SMILES string of the molecule is COC(=O)c1cc(I)nnc1N1CCC2(CC1)CC2. The van der Waals surface area contributed by atoms with Crippen molar-refractivity contribution in [2.75, 3.05) is 25.1 Å². The molecular formula is C13H16IN3O2. The molecule has 19 heavy (non-hydrogen) atoms. The van der Waals surface area contributed by atoms with Gasteiger partial charge in [0, 0.05) is 13.1 Å². The predicted molar refractivity (Wildman–Crippen MR) is 79.2 cm³/mol. The van der Waals surface area contributed by atoms with Crippen LogP contribution in [0.4, 0.5) is 5.82 Å². The number of halogens is 1. The molecule has 2 fully saturated rings. The van der Waals surface area contributed by atoms with E-state index in [-0.39, 0.29) is 5.97 Å². The minimum absolute atomic E-state index is 0.338. The maximum absolute atomic E-state index is 11.8. The molecule has 2 aliphatic rings. The van der Waals surface area contributed by atoms with Crippen LogP contribution < -0.4 is 4.90 Å². The Kier molecular flexibility index (Phi) is 3.36. The van der Waals surface area contributed by atoms with Crippen molar-refractivity contribution < 1.29 is 9.53 Å². The van der Waals surface area contributed by atoms with Gasteiger partial charge in [-0.3, -0.25) is 0 Å². The molecule has 1 saturated carbocycles. The highest BCUT2D eigenvalue weighted by Crippen LogP contribution is 2.53. The fourth-order valence-electron chi connectivity index (χ4n) is 2.72. The van der Waals surface area contributed by atoms with Gasteiger partial charge in [-0.2, -0.15) is 0 Å². The first-order valence-electron chi connectivity index (χ1n) is 6.50. The molecule has 2 heterocycles. The fraction of sp³-hybridized carbons (Fsp3) is 0.615. The largest absolute Gasteiger partial charge is 0.465 e. The van der Waals surface area contributed by atoms with Gasteiger partial charge in [0.05, 0.1) is 7.11 Å². The lowest BCUT2D eigenvalue weighted by atomic mass is 9.93. The molecule has 0 atom stereocenters. The molecule has 1 aliphatic heterocycles. The molecule has 0 bridgehead atoms. The van der Waals surface area contributed by atoms with E-state index in [2.05, 4.69) is 37.7 Å². The fourth-order valence-corrected chi connectivity index (χ4v) is 3.14. The number of ether oxygens (including phenoxy) is 1. The molecular weight excluding hydrogens is 357 g/mol. The minimum atomic E-state index is -0.338. The van der Waals surface area contributed by atoms with Crippen LogP contribution in [0.25, 0.3) is 0 Å². The van der Waals surface area contributed by atoms with Gasteiger partial charge in [0.25, 0.3) is 0 Å². The molecule has 1 spiro atoms. The summed E-state index contributed by atoms with van der Waals surface area (Å²) in [5.74, 6) is 0.331. The summed E-state index contributed by atoms with van der Waals surface area (Å²) in [5, 5.41) is 8.28. The van der Waals surface area contributed by atoms with Gasteiger partial charge in [-0.25, -0.2) is 4.79 Å². The summed E-state index contributed by atoms with van der Waals surface area (Å²) < 4.78 is 5.55. The van der Waals surface area contributed by atoms with Crippen molar-refractivity contribution in [3.05, 3.63) is 15.3 Å². The number of aromatic nitrogens is 2. The Morgan fingerprint density at radius 1 is 1.32 bits per heavy atom. The van der Waals surface area contributed by atoms with E-state index in [9.17, 15) is 4.79 Å². The molecule has 1 aromatic heterocycles. The highest BCUT2D eigenvalue weighted by Gasteiger charge is 2.44. The molecule has 5 nitrogen and oxygen atoms in total. The van der Waals surface area contributed by atoms with Gasteiger partial charge in [0.1, 0.15) is 9.26 Å². The van der Waals surface area contributed by atoms with Gasteiger partial charge in [0.15, 0.2) is 5.82 Å². The summed E-state index contributed by atoms with van der Waals surface area (Å²) in [6, 6.07) is 1.75. The van der Waals surface area contributed by atoms with Crippen molar-refractivity contribution >= 4 is 34.4 Å². The molecule has 0 N–H and O–H groups in total. The van der Waals surface area contributed by atoms with Crippen LogP contribution in [0.3, 0.4) is 0 Å². The lowest BCUT2D eigenvalue weighted by Crippen LogP contribution is -2.36. The van der Waals surface area contributed by atoms with E-state index in [1.807, 2.05) is 0 Å². The third-order valence-electron chi connectivity index (χ3n) is 4.23. The smallest absolute Gasteiger partial charge is 0.341 e. The minimum Gasteiger partial charge on any atom is -0.465 e. The van der Waals surface area contributed by atoms with Gasteiger partial charge < -0.3 is 9.64 Å². The van der Waals surface area contributed by atoms with Crippen molar-refractivity contribution in [3.63, 3.8) is 0 Å². The van der Waals surface area contributed by atoms with E-state index in [1.54, 1.807) is 6.07 Å². The number of carbonyl (C=O) groups excluding carboxylic acids is 1. The number of piperidine rings is 1. The number of rotatable bonds is 2. The molecule has 0 radical (unpaired) electrons. The molecule has 0 unspecified atom stereocenters. The van der Waals surface area contributed by atoms with Crippen molar-refractivity contribution in [1.29, 1.82) is 0 Å². The zero-order valence-corrected chi connectivity index (χ0v) is 13.0. The Bertz CT molecular complexity index is 507. The Hall–Kier alpha value is -0.920. The van der Waals surface area contributed by atoms with E-state index < -0.39 is 0 Å². The van der Waals surface area contributed by atoms with Gasteiger partial charge in [0.2, 0.25) is 0 Å². The molecule has 102 valence electrons. The molecule has 1 aromatic rings. The van der Waals surface area contributed by atoms with E-state index in [0.29, 0.717) is 20.5 Å². The predicted octanol–water partition coefficient (Wildman–Crippen LogP) is 2.25. The highest BCUT2D eigenvalue weighted by molar-refractivity contribution is 14.1. The second-order valence-electron chi connectivity index (χ2n) is 5.38. The van der Waals surface area contributed by atoms with Crippen LogP contribution >= 0.6 is 22.6 Å². The van der Waals surface area contributed by atoms with Gasteiger partial charge >= 0.3 is 5.97 Å². The molecule has 0 aromatic carbocycles. The van der Waals surface area contributed by atoms with Crippen molar-refractivity contribution in [2.45, 2.75) is 25.7 Å². The zero-order valence-electron chi connectivity index (χ0n) is 10.9. The van der Waals surface area contributed by atoms with Crippen LogP contribution in [-0.2, 0) is 4.74 Å². The summed E-state index contributed by atoms with van der Waals surface area (Å²) in [4.78, 5) is 14.0. The second-order valence-corrected chi connectivity index (χ2v) is 6.49. The quantitative estimate of drug-likeness (QED) is 0.588. The lowest BCUT2D eigenvalue weighted by molar-refractivity contribution is 0.0600. The van der Waals surface area contributed by atoms with Crippen molar-refractivity contribution in [1.82, 2.24) is 10.2 Å². The third-order valence-corrected chi connectivity index (χ3v) is 4.76. The van der Waals surface area contributed by atoms with Crippen LogP contribution in [0.2, 0.25) is 0 Å². The van der Waals surface area contributed by atoms with Crippen LogP contribution in [0, 0.1) is 9.12 Å². The molecule has 1 aliphatic carbocycles. The average Bonchev–Trinajstić information content (AvgIpc) is 3.18. The standard InChI is InChI=1S/C13H16IN3O2/c1-19-12(18)9-8-10(14)15-16-11(9)17-6-4-13(2-3-13)5-7-17/h8H,2-7H2,1H3. The third kappa shape index (κ3) is 2.54. The summed E-state index contributed by atoms with van der Waals surface area (Å²) in [5.41, 5.74) is 1.13. The average molecular weight is 373 g/mol. The summed E-state index contributed by atoms with van der Waals surface area (Å²) in [7, 11) is 1.40. The van der Waals surface area contributed by atoms with Crippen LogP contribution in [0.1, 0.15) is 36.0 Å². The summed E-state index contributed by atoms with van der Waals surface area (Å²) in [6.45, 7) is 1.92. The lowest BCUT2D eigenvalue weighted by Gasteiger charge is -2.33. The Balaban J connectivity index is 1.85. The summed E-state index contributed by atoms with van der Waals surface area (Å²) >= 11 is 2.06. The molecule has 0 amide bonds. The number of methoxy groups -OCH3 is 1. The van der Waals surface area contributed by atoms with E-state index in [1.165, 1.54) is 32.8 Å². The Morgan fingerprint density at radius 3 is 2.58 bits per heavy atom. The maximum Gasteiger partial charge on any atom is 0.341 e. The molecule has 6 heteroatoms. The first-order valence-corrected chi connectivity index (χ1v) is 7.58. The Morgan fingerprint density at radius 2 is 2.00 bits per heavy atom. The number of anilines is 1. The summed E-state index contributed by atoms with van der Waals surface area (Å²) in [6.07, 6.45) is 5.12. The molecule has 3 rings (SSSR count). The van der Waals surface area contributed by atoms with Gasteiger partial charge in [-0.15, -0.1) is 10.2 Å². The second kappa shape index (κ2) is 4.88. The zero-order chi connectivity index (χ0) is 13.5. The number of esters is 1. The van der Waals surface area contributed by atoms with Crippen molar-refractivity contribution in [3.8, 4) is 0 Å². The normalized spacial score (nSPS) is 20.4. The van der Waals surface area contributed by atoms with E-state index >= 15 is 0 Å². The highest BCUT2D eigenvalue weighted by atomic mass is 127. The van der Waals surface area contributed by atoms with Crippen LogP contribution in [0.15, 0.2) is 6.07 Å². The molecule has 1 saturated heterocycles. The number of carbonyl (C=O) groups is 1.